The summed E-state index contributed by atoms with van der Waals surface area (Å²) >= 11 is 0. The highest BCUT2D eigenvalue weighted by atomic mass is 16.5. The van der Waals surface area contributed by atoms with Gasteiger partial charge in [-0.15, -0.1) is 0 Å². The second kappa shape index (κ2) is 5.41. The third kappa shape index (κ3) is 2.60. The minimum absolute atomic E-state index is 0.0966. The quantitative estimate of drug-likeness (QED) is 0.812. The molecule has 0 bridgehead atoms. The van der Waals surface area contributed by atoms with Crippen LogP contribution in [0.4, 0.5) is 0 Å². The van der Waals surface area contributed by atoms with Gasteiger partial charge in [-0.1, -0.05) is 12.1 Å². The number of methoxy groups -OCH3 is 1. The maximum Gasteiger partial charge on any atom is 0.252 e. The molecule has 0 aliphatic carbocycles. The Kier molecular flexibility index (Phi) is 3.67. The average molecular weight is 230 g/mol. The lowest BCUT2D eigenvalue weighted by Gasteiger charge is -2.07. The Bertz CT molecular complexity index is 520. The van der Waals surface area contributed by atoms with E-state index >= 15 is 0 Å². The molecule has 1 heterocycles. The number of ether oxygens (including phenoxy) is 1. The SMILES string of the molecule is COCCNC(=O)c1cccc2ccncc12. The molecule has 17 heavy (non-hydrogen) atoms. The molecule has 0 spiro atoms. The summed E-state index contributed by atoms with van der Waals surface area (Å²) in [5.41, 5.74) is 0.645. The number of aromatic nitrogens is 1. The van der Waals surface area contributed by atoms with Gasteiger partial charge in [0.25, 0.3) is 5.91 Å². The lowest BCUT2D eigenvalue weighted by Crippen LogP contribution is -2.27. The van der Waals surface area contributed by atoms with Gasteiger partial charge in [0, 0.05) is 37.0 Å². The van der Waals surface area contributed by atoms with Crippen molar-refractivity contribution in [3.8, 4) is 0 Å². The number of fused-ring (bicyclic) bond motifs is 1. The molecule has 1 aromatic heterocycles. The fraction of sp³-hybridized carbons (Fsp3) is 0.231. The molecule has 0 atom stereocenters. The van der Waals surface area contributed by atoms with E-state index in [4.69, 9.17) is 4.74 Å². The van der Waals surface area contributed by atoms with E-state index in [-0.39, 0.29) is 5.91 Å². The number of rotatable bonds is 4. The molecule has 1 aromatic carbocycles. The van der Waals surface area contributed by atoms with Crippen LogP contribution in [0.25, 0.3) is 10.8 Å². The van der Waals surface area contributed by atoms with Crippen LogP contribution in [0.15, 0.2) is 36.7 Å². The van der Waals surface area contributed by atoms with Crippen LogP contribution >= 0.6 is 0 Å². The molecule has 0 aliphatic heterocycles. The Morgan fingerprint density at radius 3 is 3.12 bits per heavy atom. The summed E-state index contributed by atoms with van der Waals surface area (Å²) in [4.78, 5) is 16.0. The van der Waals surface area contributed by atoms with Crippen LogP contribution in [0.1, 0.15) is 10.4 Å². The van der Waals surface area contributed by atoms with E-state index in [0.717, 1.165) is 10.8 Å². The topological polar surface area (TPSA) is 51.2 Å². The summed E-state index contributed by atoms with van der Waals surface area (Å²) < 4.78 is 4.89. The third-order valence-corrected chi connectivity index (χ3v) is 2.52. The summed E-state index contributed by atoms with van der Waals surface area (Å²) in [6.45, 7) is 1.01. The van der Waals surface area contributed by atoms with Crippen molar-refractivity contribution in [1.82, 2.24) is 10.3 Å². The van der Waals surface area contributed by atoms with Crippen LogP contribution in [0, 0.1) is 0 Å². The predicted octanol–water partition coefficient (Wildman–Crippen LogP) is 1.61. The van der Waals surface area contributed by atoms with E-state index in [1.807, 2.05) is 18.2 Å². The Hall–Kier alpha value is -1.94. The minimum Gasteiger partial charge on any atom is -0.383 e. The zero-order valence-corrected chi connectivity index (χ0v) is 9.64. The molecule has 0 saturated carbocycles. The number of pyridine rings is 1. The summed E-state index contributed by atoms with van der Waals surface area (Å²) in [6, 6.07) is 7.52. The van der Waals surface area contributed by atoms with Crippen molar-refractivity contribution in [3.63, 3.8) is 0 Å². The van der Waals surface area contributed by atoms with E-state index in [9.17, 15) is 4.79 Å². The highest BCUT2D eigenvalue weighted by Crippen LogP contribution is 2.16. The predicted molar refractivity (Wildman–Crippen MR) is 66.0 cm³/mol. The van der Waals surface area contributed by atoms with Gasteiger partial charge in [-0.3, -0.25) is 9.78 Å². The van der Waals surface area contributed by atoms with Gasteiger partial charge in [0.05, 0.1) is 6.61 Å². The first kappa shape index (κ1) is 11.5. The smallest absolute Gasteiger partial charge is 0.252 e. The summed E-state index contributed by atoms with van der Waals surface area (Å²) in [7, 11) is 1.61. The second-order valence-electron chi connectivity index (χ2n) is 3.65. The summed E-state index contributed by atoms with van der Waals surface area (Å²) in [5.74, 6) is -0.0966. The van der Waals surface area contributed by atoms with Crippen molar-refractivity contribution in [2.45, 2.75) is 0 Å². The first-order valence-corrected chi connectivity index (χ1v) is 5.43. The van der Waals surface area contributed by atoms with Crippen molar-refractivity contribution >= 4 is 16.7 Å². The number of nitrogens with one attached hydrogen (secondary N) is 1. The largest absolute Gasteiger partial charge is 0.383 e. The van der Waals surface area contributed by atoms with Crippen molar-refractivity contribution < 1.29 is 9.53 Å². The number of amides is 1. The zero-order chi connectivity index (χ0) is 12.1. The number of carbonyl (C=O) groups excluding carboxylic acids is 1. The highest BCUT2D eigenvalue weighted by Gasteiger charge is 2.08. The standard InChI is InChI=1S/C13H14N2O2/c1-17-8-7-15-13(16)11-4-2-3-10-5-6-14-9-12(10)11/h2-6,9H,7-8H2,1H3,(H,15,16). The van der Waals surface area contributed by atoms with Crippen molar-refractivity contribution in [1.29, 1.82) is 0 Å². The molecule has 2 aromatic rings. The van der Waals surface area contributed by atoms with Crippen molar-refractivity contribution in [2.75, 3.05) is 20.3 Å². The van der Waals surface area contributed by atoms with E-state index in [1.165, 1.54) is 0 Å². The molecular formula is C13H14N2O2. The van der Waals surface area contributed by atoms with Crippen LogP contribution in [0.5, 0.6) is 0 Å². The molecule has 0 aliphatic rings. The molecule has 88 valence electrons. The number of benzene rings is 1. The number of carbonyl (C=O) groups is 1. The van der Waals surface area contributed by atoms with E-state index in [2.05, 4.69) is 10.3 Å². The molecule has 0 unspecified atom stereocenters. The highest BCUT2D eigenvalue weighted by molar-refractivity contribution is 6.06. The van der Waals surface area contributed by atoms with Gasteiger partial charge in [0.15, 0.2) is 0 Å². The molecular weight excluding hydrogens is 216 g/mol. The summed E-state index contributed by atoms with van der Waals surface area (Å²) in [6.07, 6.45) is 3.43. The van der Waals surface area contributed by atoms with Crippen LogP contribution in [-0.4, -0.2) is 31.2 Å². The maximum absolute atomic E-state index is 11.9. The van der Waals surface area contributed by atoms with Crippen LogP contribution in [0.2, 0.25) is 0 Å². The van der Waals surface area contributed by atoms with E-state index in [0.29, 0.717) is 18.7 Å². The van der Waals surface area contributed by atoms with Gasteiger partial charge in [0.2, 0.25) is 0 Å². The molecule has 1 N–H and O–H groups in total. The van der Waals surface area contributed by atoms with E-state index < -0.39 is 0 Å². The first-order valence-electron chi connectivity index (χ1n) is 5.43. The molecule has 0 saturated heterocycles. The molecule has 1 amide bonds. The zero-order valence-electron chi connectivity index (χ0n) is 9.64. The number of hydrogen-bond donors (Lipinski definition) is 1. The molecule has 4 heteroatoms. The van der Waals surface area contributed by atoms with Crippen LogP contribution in [-0.2, 0) is 4.74 Å². The van der Waals surface area contributed by atoms with Gasteiger partial charge >= 0.3 is 0 Å². The average Bonchev–Trinajstić information content (AvgIpc) is 2.38. The molecule has 2 rings (SSSR count). The van der Waals surface area contributed by atoms with Gasteiger partial charge in [-0.2, -0.15) is 0 Å². The monoisotopic (exact) mass is 230 g/mol. The fourth-order valence-corrected chi connectivity index (χ4v) is 1.67. The number of nitrogens with zero attached hydrogens (tertiary/aromatic N) is 1. The van der Waals surface area contributed by atoms with Gasteiger partial charge in [0.1, 0.15) is 0 Å². The Morgan fingerprint density at radius 1 is 1.41 bits per heavy atom. The van der Waals surface area contributed by atoms with Crippen LogP contribution in [0.3, 0.4) is 0 Å². The van der Waals surface area contributed by atoms with E-state index in [1.54, 1.807) is 25.6 Å². The maximum atomic E-state index is 11.9. The van der Waals surface area contributed by atoms with Crippen molar-refractivity contribution in [3.05, 3.63) is 42.2 Å². The second-order valence-corrected chi connectivity index (χ2v) is 3.65. The Morgan fingerprint density at radius 2 is 2.29 bits per heavy atom. The van der Waals surface area contributed by atoms with Crippen molar-refractivity contribution in [2.24, 2.45) is 0 Å². The van der Waals surface area contributed by atoms with Gasteiger partial charge in [-0.25, -0.2) is 0 Å². The van der Waals surface area contributed by atoms with Gasteiger partial charge in [-0.05, 0) is 17.5 Å². The normalized spacial score (nSPS) is 10.4. The molecule has 4 nitrogen and oxygen atoms in total. The Balaban J connectivity index is 2.26. The lowest BCUT2D eigenvalue weighted by molar-refractivity contribution is 0.0939. The van der Waals surface area contributed by atoms with Gasteiger partial charge < -0.3 is 10.1 Å². The lowest BCUT2D eigenvalue weighted by atomic mass is 10.1. The molecule has 0 radical (unpaired) electrons. The minimum atomic E-state index is -0.0966. The fourth-order valence-electron chi connectivity index (χ4n) is 1.67. The molecule has 0 fully saturated rings. The van der Waals surface area contributed by atoms with Crippen LogP contribution < -0.4 is 5.32 Å². The summed E-state index contributed by atoms with van der Waals surface area (Å²) in [5, 5.41) is 4.68. The first-order chi connectivity index (χ1) is 8.33. The third-order valence-electron chi connectivity index (χ3n) is 2.52. The Labute approximate surface area is 99.6 Å². The number of hydrogen-bond acceptors (Lipinski definition) is 3.